The van der Waals surface area contributed by atoms with Crippen LogP contribution in [0.2, 0.25) is 0 Å². The zero-order valence-electron chi connectivity index (χ0n) is 15.3. The second kappa shape index (κ2) is 7.33. The van der Waals surface area contributed by atoms with Crippen molar-refractivity contribution in [2.75, 3.05) is 32.7 Å². The van der Waals surface area contributed by atoms with Gasteiger partial charge >= 0.3 is 0 Å². The molecule has 1 unspecified atom stereocenters. The summed E-state index contributed by atoms with van der Waals surface area (Å²) in [5, 5.41) is 0. The molecular weight excluding hydrogens is 308 g/mol. The van der Waals surface area contributed by atoms with Crippen LogP contribution in [0.4, 0.5) is 0 Å². The Morgan fingerprint density at radius 1 is 1.04 bits per heavy atom. The molecule has 1 amide bonds. The van der Waals surface area contributed by atoms with Crippen molar-refractivity contribution < 1.29 is 4.79 Å². The molecular formula is C22H30N2O. The van der Waals surface area contributed by atoms with Crippen LogP contribution in [0.25, 0.3) is 0 Å². The number of piperidine rings is 1. The van der Waals surface area contributed by atoms with Crippen LogP contribution in [-0.2, 0) is 11.2 Å². The van der Waals surface area contributed by atoms with Gasteiger partial charge in [0.2, 0.25) is 5.91 Å². The third-order valence-corrected chi connectivity index (χ3v) is 6.34. The highest BCUT2D eigenvalue weighted by atomic mass is 16.2. The number of amides is 1. The molecule has 2 aliphatic heterocycles. The number of nitrogens with zero attached hydrogens (tertiary/aromatic N) is 2. The maximum Gasteiger partial charge on any atom is 0.249 e. The molecule has 2 saturated heterocycles. The first kappa shape index (κ1) is 16.8. The van der Waals surface area contributed by atoms with Crippen LogP contribution in [0, 0.1) is 5.41 Å². The van der Waals surface area contributed by atoms with Crippen molar-refractivity contribution in [2.24, 2.45) is 5.41 Å². The number of likely N-dealkylation sites (tertiary alicyclic amines) is 2. The molecule has 134 valence electrons. The fourth-order valence-electron chi connectivity index (χ4n) is 4.94. The average Bonchev–Trinajstić information content (AvgIpc) is 3.31. The summed E-state index contributed by atoms with van der Waals surface area (Å²) in [6.45, 7) is 5.47. The molecule has 25 heavy (non-hydrogen) atoms. The Morgan fingerprint density at radius 3 is 2.72 bits per heavy atom. The Hall–Kier alpha value is -1.61. The normalized spacial score (nSPS) is 27.0. The zero-order chi connectivity index (χ0) is 17.1. The van der Waals surface area contributed by atoms with Gasteiger partial charge in [-0.25, -0.2) is 0 Å². The lowest BCUT2D eigenvalue weighted by molar-refractivity contribution is -0.126. The van der Waals surface area contributed by atoms with E-state index in [4.69, 9.17) is 0 Å². The first-order chi connectivity index (χ1) is 12.2. The number of benzene rings is 1. The fourth-order valence-corrected chi connectivity index (χ4v) is 4.94. The van der Waals surface area contributed by atoms with Gasteiger partial charge in [0, 0.05) is 37.2 Å². The van der Waals surface area contributed by atoms with Gasteiger partial charge in [-0.05, 0) is 57.1 Å². The lowest BCUT2D eigenvalue weighted by atomic mass is 9.79. The number of hydrogen-bond donors (Lipinski definition) is 0. The Bertz CT molecular complexity index is 639. The first-order valence-corrected chi connectivity index (χ1v) is 9.99. The van der Waals surface area contributed by atoms with Gasteiger partial charge in [0.15, 0.2) is 0 Å². The predicted octanol–water partition coefficient (Wildman–Crippen LogP) is 3.65. The Morgan fingerprint density at radius 2 is 1.92 bits per heavy atom. The highest BCUT2D eigenvalue weighted by Gasteiger charge is 2.43. The monoisotopic (exact) mass is 338 g/mol. The number of carbonyl (C=O) groups is 1. The molecule has 1 atom stereocenters. The van der Waals surface area contributed by atoms with Crippen molar-refractivity contribution in [2.45, 2.75) is 44.9 Å². The molecule has 0 radical (unpaired) electrons. The molecule has 4 rings (SSSR count). The summed E-state index contributed by atoms with van der Waals surface area (Å²) >= 11 is 0. The topological polar surface area (TPSA) is 23.6 Å². The van der Waals surface area contributed by atoms with Gasteiger partial charge in [0.25, 0.3) is 0 Å². The summed E-state index contributed by atoms with van der Waals surface area (Å²) < 4.78 is 0. The Balaban J connectivity index is 1.33. The summed E-state index contributed by atoms with van der Waals surface area (Å²) in [7, 11) is 0. The molecule has 3 aliphatic rings. The van der Waals surface area contributed by atoms with Crippen LogP contribution in [-0.4, -0.2) is 48.4 Å². The highest BCUT2D eigenvalue weighted by molar-refractivity contribution is 5.94. The fraction of sp³-hybridized carbons (Fsp3) is 0.591. The van der Waals surface area contributed by atoms with E-state index < -0.39 is 0 Å². The molecule has 0 aromatic heterocycles. The van der Waals surface area contributed by atoms with E-state index in [1.165, 1.54) is 37.9 Å². The van der Waals surface area contributed by atoms with Crippen LogP contribution in [0.15, 0.2) is 42.0 Å². The van der Waals surface area contributed by atoms with Crippen molar-refractivity contribution in [1.82, 2.24) is 9.80 Å². The summed E-state index contributed by atoms with van der Waals surface area (Å²) in [5.41, 5.74) is 2.86. The summed E-state index contributed by atoms with van der Waals surface area (Å²) in [4.78, 5) is 17.5. The van der Waals surface area contributed by atoms with Crippen LogP contribution in [0.3, 0.4) is 0 Å². The van der Waals surface area contributed by atoms with E-state index in [-0.39, 0.29) is 0 Å². The van der Waals surface area contributed by atoms with Gasteiger partial charge in [-0.3, -0.25) is 4.79 Å². The first-order valence-electron chi connectivity index (χ1n) is 9.99. The Labute approximate surface area is 151 Å². The maximum absolute atomic E-state index is 12.7. The van der Waals surface area contributed by atoms with Gasteiger partial charge in [-0.1, -0.05) is 36.4 Å². The lowest BCUT2D eigenvalue weighted by Crippen LogP contribution is -2.46. The smallest absolute Gasteiger partial charge is 0.249 e. The van der Waals surface area contributed by atoms with Crippen molar-refractivity contribution in [3.05, 3.63) is 47.5 Å². The third kappa shape index (κ3) is 3.82. The number of carbonyl (C=O) groups excluding carboxylic acids is 1. The van der Waals surface area contributed by atoms with E-state index in [2.05, 4.69) is 46.2 Å². The molecule has 3 heteroatoms. The molecule has 1 aliphatic carbocycles. The molecule has 0 saturated carbocycles. The molecule has 2 heterocycles. The van der Waals surface area contributed by atoms with Crippen LogP contribution in [0.5, 0.6) is 0 Å². The standard InChI is InChI=1S/C22H30N2O/c25-21(20-9-4-5-10-20)24-16-13-22(18-24)12-6-14-23(17-22)15-11-19-7-2-1-3-8-19/h1-3,7-9H,4-6,10-18H2. The van der Waals surface area contributed by atoms with Crippen molar-refractivity contribution in [3.8, 4) is 0 Å². The quantitative estimate of drug-likeness (QED) is 0.836. The Kier molecular flexibility index (Phi) is 4.93. The minimum atomic E-state index is 0.329. The van der Waals surface area contributed by atoms with Gasteiger partial charge in [-0.2, -0.15) is 0 Å². The largest absolute Gasteiger partial charge is 0.338 e. The van der Waals surface area contributed by atoms with Crippen LogP contribution < -0.4 is 0 Å². The van der Waals surface area contributed by atoms with Gasteiger partial charge in [0.05, 0.1) is 0 Å². The van der Waals surface area contributed by atoms with E-state index in [1.807, 2.05) is 0 Å². The third-order valence-electron chi connectivity index (χ3n) is 6.34. The minimum Gasteiger partial charge on any atom is -0.338 e. The summed E-state index contributed by atoms with van der Waals surface area (Å²) in [6, 6.07) is 10.8. The van der Waals surface area contributed by atoms with E-state index in [1.54, 1.807) is 0 Å². The molecule has 3 nitrogen and oxygen atoms in total. The molecule has 1 aromatic carbocycles. The minimum absolute atomic E-state index is 0.329. The van der Waals surface area contributed by atoms with Gasteiger partial charge in [0.1, 0.15) is 0 Å². The van der Waals surface area contributed by atoms with Gasteiger partial charge < -0.3 is 9.80 Å². The lowest BCUT2D eigenvalue weighted by Gasteiger charge is -2.40. The molecule has 0 bridgehead atoms. The molecule has 1 aromatic rings. The van der Waals surface area contributed by atoms with Crippen molar-refractivity contribution >= 4 is 5.91 Å². The van der Waals surface area contributed by atoms with Crippen molar-refractivity contribution in [3.63, 3.8) is 0 Å². The van der Waals surface area contributed by atoms with E-state index in [0.29, 0.717) is 11.3 Å². The summed E-state index contributed by atoms with van der Waals surface area (Å²) in [6.07, 6.45) is 10.3. The van der Waals surface area contributed by atoms with E-state index in [9.17, 15) is 4.79 Å². The summed E-state index contributed by atoms with van der Waals surface area (Å²) in [5.74, 6) is 0.329. The zero-order valence-corrected chi connectivity index (χ0v) is 15.3. The van der Waals surface area contributed by atoms with Crippen molar-refractivity contribution in [1.29, 1.82) is 0 Å². The predicted molar refractivity (Wildman–Crippen MR) is 101 cm³/mol. The number of rotatable bonds is 4. The van der Waals surface area contributed by atoms with Gasteiger partial charge in [-0.15, -0.1) is 0 Å². The highest BCUT2D eigenvalue weighted by Crippen LogP contribution is 2.39. The molecule has 0 N–H and O–H groups in total. The van der Waals surface area contributed by atoms with E-state index >= 15 is 0 Å². The molecule has 2 fully saturated rings. The number of allylic oxidation sites excluding steroid dienone is 1. The number of hydrogen-bond acceptors (Lipinski definition) is 2. The average molecular weight is 338 g/mol. The van der Waals surface area contributed by atoms with E-state index in [0.717, 1.165) is 50.9 Å². The van der Waals surface area contributed by atoms with Crippen LogP contribution >= 0.6 is 0 Å². The molecule has 1 spiro atoms. The maximum atomic E-state index is 12.7. The second-order valence-electron chi connectivity index (χ2n) is 8.21. The van der Waals surface area contributed by atoms with Crippen LogP contribution in [0.1, 0.15) is 44.1 Å². The SMILES string of the molecule is O=C(C1=CCCC1)N1CCC2(CCCN(CCc3ccccc3)C2)C1. The second-order valence-corrected chi connectivity index (χ2v) is 8.21.